The summed E-state index contributed by atoms with van der Waals surface area (Å²) in [6.45, 7) is 5.75. The van der Waals surface area contributed by atoms with E-state index in [0.29, 0.717) is 18.7 Å². The summed E-state index contributed by atoms with van der Waals surface area (Å²) in [5.41, 5.74) is 3.00. The van der Waals surface area contributed by atoms with Crippen LogP contribution < -0.4 is 15.5 Å². The second kappa shape index (κ2) is 11.0. The van der Waals surface area contributed by atoms with Gasteiger partial charge in [0.1, 0.15) is 0 Å². The molecule has 2 N–H and O–H groups in total. The summed E-state index contributed by atoms with van der Waals surface area (Å²) in [6.07, 6.45) is 2.24. The van der Waals surface area contributed by atoms with Crippen molar-refractivity contribution in [1.29, 1.82) is 0 Å². The van der Waals surface area contributed by atoms with E-state index < -0.39 is 0 Å². The Bertz CT molecular complexity index is 904. The van der Waals surface area contributed by atoms with Gasteiger partial charge >= 0.3 is 0 Å². The summed E-state index contributed by atoms with van der Waals surface area (Å²) in [4.78, 5) is 21.7. The average Bonchev–Trinajstić information content (AvgIpc) is 3.38. The average molecular weight is 436 g/mol. The topological polar surface area (TPSA) is 69.2 Å². The molecule has 2 fully saturated rings. The molecule has 0 aromatic heterocycles. The molecule has 170 valence electrons. The van der Waals surface area contributed by atoms with Crippen LogP contribution in [0.3, 0.4) is 0 Å². The first-order valence-electron chi connectivity index (χ1n) is 11.5. The second-order valence-corrected chi connectivity index (χ2v) is 8.26. The molecule has 0 saturated carbocycles. The van der Waals surface area contributed by atoms with Crippen molar-refractivity contribution >= 4 is 17.6 Å². The van der Waals surface area contributed by atoms with E-state index in [0.717, 1.165) is 57.2 Å². The Balaban J connectivity index is 1.27. The normalized spacial score (nSPS) is 19.2. The number of anilines is 1. The maximum absolute atomic E-state index is 12.5. The van der Waals surface area contributed by atoms with E-state index in [2.05, 4.69) is 49.7 Å². The largest absolute Gasteiger partial charge is 0.376 e. The number of hydrogen-bond acceptors (Lipinski definition) is 4. The van der Waals surface area contributed by atoms with Gasteiger partial charge in [0.15, 0.2) is 5.96 Å². The molecule has 0 bridgehead atoms. The van der Waals surface area contributed by atoms with Crippen molar-refractivity contribution in [3.63, 3.8) is 0 Å². The monoisotopic (exact) mass is 435 g/mol. The number of carbonyl (C=O) groups is 1. The van der Waals surface area contributed by atoms with Gasteiger partial charge in [-0.15, -0.1) is 0 Å². The molecule has 2 saturated heterocycles. The fraction of sp³-hybridized carbons (Fsp3) is 0.440. The van der Waals surface area contributed by atoms with Crippen molar-refractivity contribution in [3.05, 3.63) is 65.7 Å². The fourth-order valence-electron chi connectivity index (χ4n) is 4.27. The van der Waals surface area contributed by atoms with Gasteiger partial charge in [0.25, 0.3) is 5.91 Å². The van der Waals surface area contributed by atoms with Crippen LogP contribution in [0.4, 0.5) is 5.69 Å². The predicted octanol–water partition coefficient (Wildman–Crippen LogP) is 2.49. The second-order valence-electron chi connectivity index (χ2n) is 8.26. The number of ether oxygens (including phenoxy) is 1. The molecule has 2 aliphatic rings. The highest BCUT2D eigenvalue weighted by atomic mass is 16.5. The number of guanidine groups is 1. The molecule has 2 heterocycles. The molecule has 1 unspecified atom stereocenters. The van der Waals surface area contributed by atoms with E-state index in [4.69, 9.17) is 4.74 Å². The summed E-state index contributed by atoms with van der Waals surface area (Å²) in [6, 6.07) is 18.3. The molecule has 2 aromatic rings. The van der Waals surface area contributed by atoms with Crippen LogP contribution in [-0.4, -0.2) is 69.2 Å². The molecule has 4 rings (SSSR count). The van der Waals surface area contributed by atoms with Gasteiger partial charge < -0.3 is 25.2 Å². The van der Waals surface area contributed by atoms with Crippen LogP contribution in [0.2, 0.25) is 0 Å². The molecule has 0 spiro atoms. The fourth-order valence-corrected chi connectivity index (χ4v) is 4.27. The van der Waals surface area contributed by atoms with Crippen LogP contribution in [0.15, 0.2) is 59.6 Å². The number of hydrogen-bond donors (Lipinski definition) is 2. The van der Waals surface area contributed by atoms with Crippen molar-refractivity contribution in [1.82, 2.24) is 15.5 Å². The Morgan fingerprint density at radius 3 is 2.59 bits per heavy atom. The van der Waals surface area contributed by atoms with Crippen molar-refractivity contribution in [2.75, 3.05) is 51.3 Å². The van der Waals surface area contributed by atoms with Gasteiger partial charge in [-0.2, -0.15) is 0 Å². The summed E-state index contributed by atoms with van der Waals surface area (Å²) in [5.74, 6) is 0.842. The van der Waals surface area contributed by atoms with Crippen molar-refractivity contribution in [2.24, 2.45) is 4.99 Å². The van der Waals surface area contributed by atoms with Crippen molar-refractivity contribution < 1.29 is 9.53 Å². The molecule has 2 aliphatic heterocycles. The number of aliphatic imine (C=N–C) groups is 1. The highest BCUT2D eigenvalue weighted by Crippen LogP contribution is 2.16. The van der Waals surface area contributed by atoms with E-state index >= 15 is 0 Å². The molecule has 1 atom stereocenters. The SMILES string of the molecule is CN=C(NCc1cccc(C(=O)NCC2CCCO2)c1)N1CCN(c2ccccc2)CC1. The minimum absolute atomic E-state index is 0.0521. The van der Waals surface area contributed by atoms with Crippen LogP contribution in [0.1, 0.15) is 28.8 Å². The number of carbonyl (C=O) groups excluding carboxylic acids is 1. The molecular weight excluding hydrogens is 402 g/mol. The van der Waals surface area contributed by atoms with E-state index in [1.54, 1.807) is 0 Å². The smallest absolute Gasteiger partial charge is 0.251 e. The Labute approximate surface area is 190 Å². The van der Waals surface area contributed by atoms with Crippen LogP contribution in [0.5, 0.6) is 0 Å². The Kier molecular flexibility index (Phi) is 7.61. The molecule has 0 radical (unpaired) electrons. The molecule has 7 nitrogen and oxygen atoms in total. The molecular formula is C25H33N5O2. The van der Waals surface area contributed by atoms with E-state index in [9.17, 15) is 4.79 Å². The third-order valence-electron chi connectivity index (χ3n) is 6.07. The van der Waals surface area contributed by atoms with Gasteiger partial charge in [0.2, 0.25) is 0 Å². The van der Waals surface area contributed by atoms with Crippen LogP contribution >= 0.6 is 0 Å². The number of para-hydroxylation sites is 1. The summed E-state index contributed by atoms with van der Waals surface area (Å²) in [5, 5.41) is 6.45. The summed E-state index contributed by atoms with van der Waals surface area (Å²) in [7, 11) is 1.82. The zero-order chi connectivity index (χ0) is 22.2. The number of nitrogens with zero attached hydrogens (tertiary/aromatic N) is 3. The van der Waals surface area contributed by atoms with E-state index in [1.807, 2.05) is 37.4 Å². The van der Waals surface area contributed by atoms with Crippen LogP contribution in [-0.2, 0) is 11.3 Å². The number of benzene rings is 2. The Morgan fingerprint density at radius 1 is 1.06 bits per heavy atom. The molecule has 2 aromatic carbocycles. The zero-order valence-electron chi connectivity index (χ0n) is 18.8. The summed E-state index contributed by atoms with van der Waals surface area (Å²) >= 11 is 0. The lowest BCUT2D eigenvalue weighted by Crippen LogP contribution is -2.52. The molecule has 0 aliphatic carbocycles. The third kappa shape index (κ3) is 5.79. The highest BCUT2D eigenvalue weighted by molar-refractivity contribution is 5.94. The molecule has 1 amide bonds. The Morgan fingerprint density at radius 2 is 1.88 bits per heavy atom. The van der Waals surface area contributed by atoms with Crippen molar-refractivity contribution in [2.45, 2.75) is 25.5 Å². The maximum Gasteiger partial charge on any atom is 0.251 e. The van der Waals surface area contributed by atoms with Gasteiger partial charge in [0, 0.05) is 64.2 Å². The molecule has 7 heteroatoms. The zero-order valence-corrected chi connectivity index (χ0v) is 18.8. The third-order valence-corrected chi connectivity index (χ3v) is 6.07. The lowest BCUT2D eigenvalue weighted by molar-refractivity contribution is 0.0857. The lowest BCUT2D eigenvalue weighted by atomic mass is 10.1. The number of nitrogens with one attached hydrogen (secondary N) is 2. The quantitative estimate of drug-likeness (QED) is 0.539. The van der Waals surface area contributed by atoms with E-state index in [-0.39, 0.29) is 12.0 Å². The maximum atomic E-state index is 12.5. The lowest BCUT2D eigenvalue weighted by Gasteiger charge is -2.37. The number of piperazine rings is 1. The first-order chi connectivity index (χ1) is 15.7. The number of rotatable bonds is 6. The standard InChI is InChI=1S/C25H33N5O2/c1-26-25(30-14-12-29(13-15-30)22-9-3-2-4-10-22)28-18-20-7-5-8-21(17-20)24(31)27-19-23-11-6-16-32-23/h2-5,7-10,17,23H,6,11-16,18-19H2,1H3,(H,26,28)(H,27,31). The van der Waals surface area contributed by atoms with Crippen LogP contribution in [0.25, 0.3) is 0 Å². The first-order valence-corrected chi connectivity index (χ1v) is 11.5. The van der Waals surface area contributed by atoms with Crippen LogP contribution in [0, 0.1) is 0 Å². The predicted molar refractivity (Wildman–Crippen MR) is 128 cm³/mol. The summed E-state index contributed by atoms with van der Waals surface area (Å²) < 4.78 is 5.58. The minimum atomic E-state index is -0.0521. The minimum Gasteiger partial charge on any atom is -0.376 e. The van der Waals surface area contributed by atoms with E-state index in [1.165, 1.54) is 5.69 Å². The van der Waals surface area contributed by atoms with Gasteiger partial charge in [0.05, 0.1) is 6.10 Å². The Hall–Kier alpha value is -3.06. The molecule has 32 heavy (non-hydrogen) atoms. The highest BCUT2D eigenvalue weighted by Gasteiger charge is 2.20. The van der Waals surface area contributed by atoms with Gasteiger partial charge in [-0.1, -0.05) is 30.3 Å². The van der Waals surface area contributed by atoms with Gasteiger partial charge in [-0.3, -0.25) is 9.79 Å². The van der Waals surface area contributed by atoms with Gasteiger partial charge in [-0.05, 0) is 42.7 Å². The van der Waals surface area contributed by atoms with Gasteiger partial charge in [-0.25, -0.2) is 0 Å². The number of amides is 1. The first kappa shape index (κ1) is 22.1. The van der Waals surface area contributed by atoms with Crippen molar-refractivity contribution in [3.8, 4) is 0 Å².